The van der Waals surface area contributed by atoms with Crippen molar-refractivity contribution >= 4 is 17.9 Å². The van der Waals surface area contributed by atoms with E-state index in [4.69, 9.17) is 9.47 Å². The summed E-state index contributed by atoms with van der Waals surface area (Å²) in [6, 6.07) is 1.97. The third kappa shape index (κ3) is 5.71. The number of hydrogen-bond acceptors (Lipinski definition) is 8. The highest BCUT2D eigenvalue weighted by molar-refractivity contribution is 5.83. The van der Waals surface area contributed by atoms with Gasteiger partial charge in [-0.1, -0.05) is 0 Å². The highest BCUT2D eigenvalue weighted by atomic mass is 16.6. The molecule has 1 amide bonds. The Morgan fingerprint density at radius 2 is 1.87 bits per heavy atom. The fourth-order valence-electron chi connectivity index (χ4n) is 3.56. The summed E-state index contributed by atoms with van der Waals surface area (Å²) in [6.07, 6.45) is 1.83. The standard InChI is InChI=1S/C20H31N5O5/c1-20(2,3)30-19(28)25-10-8-24(9-11-25)15-12-16(22-17(21-15)18(26)27)29-13-14-6-5-7-23(14)4/h12,14H,5-11,13H2,1-4H3,(H,26,27)/t14-/m0/s1. The van der Waals surface area contributed by atoms with E-state index in [0.29, 0.717) is 44.6 Å². The van der Waals surface area contributed by atoms with Crippen LogP contribution in [0.4, 0.5) is 10.6 Å². The van der Waals surface area contributed by atoms with Gasteiger partial charge in [0.1, 0.15) is 18.0 Å². The number of carbonyl (C=O) groups is 2. The monoisotopic (exact) mass is 421 g/mol. The van der Waals surface area contributed by atoms with Crippen molar-refractivity contribution in [2.75, 3.05) is 51.3 Å². The number of piperazine rings is 1. The third-order valence-corrected chi connectivity index (χ3v) is 5.23. The Balaban J connectivity index is 1.65. The van der Waals surface area contributed by atoms with Crippen molar-refractivity contribution in [2.24, 2.45) is 0 Å². The van der Waals surface area contributed by atoms with Gasteiger partial charge in [-0.2, -0.15) is 4.98 Å². The van der Waals surface area contributed by atoms with E-state index in [1.54, 1.807) is 11.0 Å². The minimum absolute atomic E-state index is 0.257. The molecule has 0 spiro atoms. The summed E-state index contributed by atoms with van der Waals surface area (Å²) in [6.45, 7) is 8.94. The summed E-state index contributed by atoms with van der Waals surface area (Å²) >= 11 is 0. The van der Waals surface area contributed by atoms with Crippen LogP contribution in [-0.2, 0) is 4.74 Å². The summed E-state index contributed by atoms with van der Waals surface area (Å²) in [5.74, 6) is -0.753. The second kappa shape index (κ2) is 9.03. The zero-order valence-corrected chi connectivity index (χ0v) is 18.1. The number of likely N-dealkylation sites (N-methyl/N-ethyl adjacent to an activating group) is 1. The predicted octanol–water partition coefficient (Wildman–Crippen LogP) is 1.70. The first-order valence-electron chi connectivity index (χ1n) is 10.3. The average Bonchev–Trinajstić information content (AvgIpc) is 3.09. The summed E-state index contributed by atoms with van der Waals surface area (Å²) in [7, 11) is 2.05. The Labute approximate surface area is 176 Å². The fraction of sp³-hybridized carbons (Fsp3) is 0.700. The maximum atomic E-state index is 12.2. The summed E-state index contributed by atoms with van der Waals surface area (Å²) < 4.78 is 11.2. The average molecular weight is 421 g/mol. The summed E-state index contributed by atoms with van der Waals surface area (Å²) in [5.41, 5.74) is -0.545. The summed E-state index contributed by atoms with van der Waals surface area (Å²) in [4.78, 5) is 37.8. The molecule has 0 saturated carbocycles. The van der Waals surface area contributed by atoms with Gasteiger partial charge in [0.2, 0.25) is 11.7 Å². The van der Waals surface area contributed by atoms with Gasteiger partial charge in [-0.25, -0.2) is 14.6 Å². The number of carboxylic acid groups (broad SMARTS) is 1. The van der Waals surface area contributed by atoms with E-state index in [1.165, 1.54) is 0 Å². The Hall–Kier alpha value is -2.62. The maximum absolute atomic E-state index is 12.2. The minimum Gasteiger partial charge on any atom is -0.476 e. The molecule has 10 nitrogen and oxygen atoms in total. The lowest BCUT2D eigenvalue weighted by molar-refractivity contribution is 0.0240. The molecule has 2 aliphatic heterocycles. The molecule has 0 bridgehead atoms. The fourth-order valence-corrected chi connectivity index (χ4v) is 3.56. The van der Waals surface area contributed by atoms with Gasteiger partial charge in [-0.15, -0.1) is 0 Å². The first-order valence-corrected chi connectivity index (χ1v) is 10.3. The van der Waals surface area contributed by atoms with Crippen LogP contribution in [0.2, 0.25) is 0 Å². The topological polar surface area (TPSA) is 108 Å². The van der Waals surface area contributed by atoms with E-state index in [9.17, 15) is 14.7 Å². The number of ether oxygens (including phenoxy) is 2. The van der Waals surface area contributed by atoms with Gasteiger partial charge in [0, 0.05) is 38.3 Å². The molecule has 2 fully saturated rings. The molecule has 3 rings (SSSR count). The van der Waals surface area contributed by atoms with Crippen molar-refractivity contribution in [2.45, 2.75) is 45.3 Å². The lowest BCUT2D eigenvalue weighted by Crippen LogP contribution is -2.50. The Bertz CT molecular complexity index is 773. The van der Waals surface area contributed by atoms with Gasteiger partial charge in [0.15, 0.2) is 0 Å². The Morgan fingerprint density at radius 1 is 1.17 bits per heavy atom. The number of carboxylic acids is 1. The second-order valence-electron chi connectivity index (χ2n) is 8.74. The van der Waals surface area contributed by atoms with Crippen molar-refractivity contribution in [3.8, 4) is 5.88 Å². The van der Waals surface area contributed by atoms with Crippen LogP contribution in [-0.4, -0.2) is 95.0 Å². The van der Waals surface area contributed by atoms with E-state index in [2.05, 4.69) is 21.9 Å². The van der Waals surface area contributed by atoms with Gasteiger partial charge in [0.05, 0.1) is 0 Å². The first kappa shape index (κ1) is 22.1. The molecule has 1 atom stereocenters. The van der Waals surface area contributed by atoms with Crippen LogP contribution in [0.15, 0.2) is 6.07 Å². The zero-order chi connectivity index (χ0) is 21.9. The molecule has 2 aliphatic rings. The molecule has 3 heterocycles. The third-order valence-electron chi connectivity index (χ3n) is 5.23. The molecular weight excluding hydrogens is 390 g/mol. The van der Waals surface area contributed by atoms with Gasteiger partial charge in [-0.05, 0) is 47.2 Å². The number of likely N-dealkylation sites (tertiary alicyclic amines) is 1. The van der Waals surface area contributed by atoms with Crippen LogP contribution in [0, 0.1) is 0 Å². The van der Waals surface area contributed by atoms with Crippen LogP contribution in [0.3, 0.4) is 0 Å². The first-order chi connectivity index (χ1) is 14.1. The highest BCUT2D eigenvalue weighted by Crippen LogP contribution is 2.22. The SMILES string of the molecule is CN1CCC[C@H]1COc1cc(N2CCN(C(=O)OC(C)(C)C)CC2)nc(C(=O)O)n1. The van der Waals surface area contributed by atoms with Crippen LogP contribution < -0.4 is 9.64 Å². The molecular formula is C20H31N5O5. The molecule has 0 radical (unpaired) electrons. The normalized spacial score (nSPS) is 20.3. The minimum atomic E-state index is -1.20. The summed E-state index contributed by atoms with van der Waals surface area (Å²) in [5, 5.41) is 9.40. The van der Waals surface area contributed by atoms with Crippen LogP contribution in [0.25, 0.3) is 0 Å². The molecule has 1 aromatic rings. The molecule has 0 unspecified atom stereocenters. The lowest BCUT2D eigenvalue weighted by Gasteiger charge is -2.36. The number of carbonyl (C=O) groups excluding carboxylic acids is 1. The molecule has 0 aromatic carbocycles. The maximum Gasteiger partial charge on any atom is 0.410 e. The van der Waals surface area contributed by atoms with Crippen molar-refractivity contribution in [3.63, 3.8) is 0 Å². The number of anilines is 1. The predicted molar refractivity (Wildman–Crippen MR) is 110 cm³/mol. The van der Waals surface area contributed by atoms with E-state index in [0.717, 1.165) is 19.4 Å². The van der Waals surface area contributed by atoms with Gasteiger partial charge < -0.3 is 29.3 Å². The quantitative estimate of drug-likeness (QED) is 0.760. The molecule has 166 valence electrons. The zero-order valence-electron chi connectivity index (χ0n) is 18.1. The number of aromatic carboxylic acids is 1. The van der Waals surface area contributed by atoms with Gasteiger partial charge >= 0.3 is 12.1 Å². The number of amides is 1. The molecule has 2 saturated heterocycles. The van der Waals surface area contributed by atoms with E-state index in [1.807, 2.05) is 25.7 Å². The van der Waals surface area contributed by atoms with Crippen molar-refractivity contribution in [1.29, 1.82) is 0 Å². The van der Waals surface area contributed by atoms with Crippen molar-refractivity contribution < 1.29 is 24.2 Å². The molecule has 1 aromatic heterocycles. The Kier molecular flexibility index (Phi) is 6.64. The molecule has 30 heavy (non-hydrogen) atoms. The number of nitrogens with zero attached hydrogens (tertiary/aromatic N) is 5. The van der Waals surface area contributed by atoms with Crippen LogP contribution in [0.1, 0.15) is 44.2 Å². The second-order valence-corrected chi connectivity index (χ2v) is 8.74. The van der Waals surface area contributed by atoms with Crippen LogP contribution in [0.5, 0.6) is 5.88 Å². The van der Waals surface area contributed by atoms with Gasteiger partial charge in [-0.3, -0.25) is 0 Å². The van der Waals surface area contributed by atoms with E-state index >= 15 is 0 Å². The lowest BCUT2D eigenvalue weighted by atomic mass is 10.2. The molecule has 0 aliphatic carbocycles. The highest BCUT2D eigenvalue weighted by Gasteiger charge is 2.27. The largest absolute Gasteiger partial charge is 0.476 e. The van der Waals surface area contributed by atoms with E-state index in [-0.39, 0.29) is 17.8 Å². The van der Waals surface area contributed by atoms with Crippen LogP contribution >= 0.6 is 0 Å². The van der Waals surface area contributed by atoms with Gasteiger partial charge in [0.25, 0.3) is 0 Å². The van der Waals surface area contributed by atoms with Crippen molar-refractivity contribution in [3.05, 3.63) is 11.9 Å². The van der Waals surface area contributed by atoms with E-state index < -0.39 is 11.6 Å². The number of rotatable bonds is 5. The number of aromatic nitrogens is 2. The Morgan fingerprint density at radius 3 is 2.43 bits per heavy atom. The smallest absolute Gasteiger partial charge is 0.410 e. The van der Waals surface area contributed by atoms with Crippen molar-refractivity contribution in [1.82, 2.24) is 19.8 Å². The molecule has 1 N–H and O–H groups in total. The molecule has 10 heteroatoms. The number of hydrogen-bond donors (Lipinski definition) is 1.